The normalized spacial score (nSPS) is 12.3. The van der Waals surface area contributed by atoms with Gasteiger partial charge in [0, 0.05) is 17.5 Å². The lowest BCUT2D eigenvalue weighted by Crippen LogP contribution is -2.28. The number of likely N-dealkylation sites (N-methyl/N-ethyl adjacent to an activating group) is 1. The third-order valence-electron chi connectivity index (χ3n) is 3.46. The molecule has 0 spiro atoms. The summed E-state index contributed by atoms with van der Waals surface area (Å²) in [7, 11) is 1.72. The highest BCUT2D eigenvalue weighted by molar-refractivity contribution is 5.80. The molecule has 0 amide bonds. The van der Waals surface area contributed by atoms with Gasteiger partial charge in [0.2, 0.25) is 0 Å². The van der Waals surface area contributed by atoms with Crippen molar-refractivity contribution in [2.24, 2.45) is 0 Å². The first-order valence-corrected chi connectivity index (χ1v) is 6.25. The fourth-order valence-corrected chi connectivity index (χ4v) is 2.11. The number of nitrogens with zero attached hydrogens (tertiary/aromatic N) is 1. The SMILES string of the molecule is CNC(C#N)Cc1cc2cc(C)c(C)cc2[nH]c1=O. The molecule has 1 heterocycles. The van der Waals surface area contributed by atoms with Crippen LogP contribution >= 0.6 is 0 Å². The number of hydrogen-bond acceptors (Lipinski definition) is 3. The largest absolute Gasteiger partial charge is 0.322 e. The summed E-state index contributed by atoms with van der Waals surface area (Å²) < 4.78 is 0. The maximum Gasteiger partial charge on any atom is 0.251 e. The number of aromatic amines is 1. The molecule has 0 radical (unpaired) electrons. The Balaban J connectivity index is 2.53. The molecule has 1 aromatic heterocycles. The molecule has 0 fully saturated rings. The molecule has 98 valence electrons. The van der Waals surface area contributed by atoms with E-state index in [1.165, 1.54) is 5.56 Å². The first kappa shape index (κ1) is 13.3. The monoisotopic (exact) mass is 255 g/mol. The van der Waals surface area contributed by atoms with Crippen LogP contribution in [0.15, 0.2) is 23.0 Å². The predicted octanol–water partition coefficient (Wildman–Crippen LogP) is 1.80. The number of benzene rings is 1. The molecular weight excluding hydrogens is 238 g/mol. The molecule has 0 aliphatic carbocycles. The van der Waals surface area contributed by atoms with Crippen LogP contribution in [-0.2, 0) is 6.42 Å². The van der Waals surface area contributed by atoms with Gasteiger partial charge in [-0.25, -0.2) is 0 Å². The highest BCUT2D eigenvalue weighted by Crippen LogP contribution is 2.17. The van der Waals surface area contributed by atoms with Gasteiger partial charge in [-0.1, -0.05) is 0 Å². The van der Waals surface area contributed by atoms with E-state index in [1.807, 2.05) is 26.0 Å². The zero-order valence-corrected chi connectivity index (χ0v) is 11.4. The number of aromatic nitrogens is 1. The van der Waals surface area contributed by atoms with Crippen molar-refractivity contribution in [2.45, 2.75) is 26.3 Å². The lowest BCUT2D eigenvalue weighted by molar-refractivity contribution is 0.672. The Morgan fingerprint density at radius 1 is 1.32 bits per heavy atom. The van der Waals surface area contributed by atoms with E-state index in [1.54, 1.807) is 7.05 Å². The Kier molecular flexibility index (Phi) is 3.68. The number of nitrogens with one attached hydrogen (secondary N) is 2. The van der Waals surface area contributed by atoms with Crippen molar-refractivity contribution in [2.75, 3.05) is 7.05 Å². The van der Waals surface area contributed by atoms with Crippen LogP contribution in [-0.4, -0.2) is 18.1 Å². The lowest BCUT2D eigenvalue weighted by Gasteiger charge is -2.09. The van der Waals surface area contributed by atoms with Crippen LogP contribution < -0.4 is 10.9 Å². The van der Waals surface area contributed by atoms with Crippen molar-refractivity contribution >= 4 is 10.9 Å². The fraction of sp³-hybridized carbons (Fsp3) is 0.333. The number of fused-ring (bicyclic) bond motifs is 1. The minimum atomic E-state index is -0.343. The van der Waals surface area contributed by atoms with Crippen molar-refractivity contribution < 1.29 is 0 Å². The molecule has 0 aliphatic rings. The van der Waals surface area contributed by atoms with Crippen LogP contribution in [0.5, 0.6) is 0 Å². The zero-order valence-electron chi connectivity index (χ0n) is 11.4. The zero-order chi connectivity index (χ0) is 14.0. The standard InChI is InChI=1S/C15H17N3O/c1-9-4-11-6-12(7-13(8-16)17-3)15(19)18-14(11)5-10(9)2/h4-6,13,17H,7H2,1-3H3,(H,18,19). The summed E-state index contributed by atoms with van der Waals surface area (Å²) in [4.78, 5) is 14.9. The first-order valence-electron chi connectivity index (χ1n) is 6.25. The van der Waals surface area contributed by atoms with Crippen molar-refractivity contribution in [3.8, 4) is 6.07 Å². The average Bonchev–Trinajstić information content (AvgIpc) is 2.38. The third kappa shape index (κ3) is 2.67. The van der Waals surface area contributed by atoms with E-state index in [4.69, 9.17) is 5.26 Å². The summed E-state index contributed by atoms with van der Waals surface area (Å²) in [6.07, 6.45) is 0.408. The quantitative estimate of drug-likeness (QED) is 0.878. The van der Waals surface area contributed by atoms with Crippen LogP contribution in [0.3, 0.4) is 0 Å². The third-order valence-corrected chi connectivity index (χ3v) is 3.46. The Labute approximate surface area is 112 Å². The van der Waals surface area contributed by atoms with Crippen LogP contribution in [0, 0.1) is 25.2 Å². The summed E-state index contributed by atoms with van der Waals surface area (Å²) in [6.45, 7) is 4.07. The number of rotatable bonds is 3. The van der Waals surface area contributed by atoms with Gasteiger partial charge >= 0.3 is 0 Å². The molecule has 1 atom stereocenters. The van der Waals surface area contributed by atoms with Crippen LogP contribution in [0.1, 0.15) is 16.7 Å². The topological polar surface area (TPSA) is 68.7 Å². The Morgan fingerprint density at radius 2 is 2.00 bits per heavy atom. The minimum absolute atomic E-state index is 0.119. The molecule has 1 aromatic carbocycles. The Morgan fingerprint density at radius 3 is 2.63 bits per heavy atom. The van der Waals surface area contributed by atoms with Crippen LogP contribution in [0.4, 0.5) is 0 Å². The van der Waals surface area contributed by atoms with Gasteiger partial charge in [-0.3, -0.25) is 4.79 Å². The number of nitriles is 1. The van der Waals surface area contributed by atoms with Gasteiger partial charge in [0.05, 0.1) is 12.1 Å². The lowest BCUT2D eigenvalue weighted by atomic mass is 10.0. The van der Waals surface area contributed by atoms with Gasteiger partial charge in [0.15, 0.2) is 0 Å². The Bertz CT molecular complexity index is 710. The van der Waals surface area contributed by atoms with E-state index in [0.717, 1.165) is 16.5 Å². The van der Waals surface area contributed by atoms with Crippen molar-refractivity contribution in [3.63, 3.8) is 0 Å². The number of pyridine rings is 1. The molecule has 1 unspecified atom stereocenters. The molecule has 0 saturated heterocycles. The molecular formula is C15H17N3O. The van der Waals surface area contributed by atoms with E-state index < -0.39 is 0 Å². The second-order valence-electron chi connectivity index (χ2n) is 4.82. The van der Waals surface area contributed by atoms with Gasteiger partial charge in [-0.2, -0.15) is 5.26 Å². The molecule has 2 rings (SSSR count). The van der Waals surface area contributed by atoms with E-state index in [9.17, 15) is 4.79 Å². The number of H-pyrrole nitrogens is 1. The summed E-state index contributed by atoms with van der Waals surface area (Å²) >= 11 is 0. The summed E-state index contributed by atoms with van der Waals surface area (Å²) in [5, 5.41) is 12.8. The van der Waals surface area contributed by atoms with Gasteiger partial charge in [0.25, 0.3) is 5.56 Å². The maximum absolute atomic E-state index is 12.0. The summed E-state index contributed by atoms with van der Waals surface area (Å²) in [5.74, 6) is 0. The molecule has 2 aromatic rings. The van der Waals surface area contributed by atoms with Gasteiger partial charge in [0.1, 0.15) is 0 Å². The molecule has 19 heavy (non-hydrogen) atoms. The van der Waals surface area contributed by atoms with Crippen LogP contribution in [0.25, 0.3) is 10.9 Å². The van der Waals surface area contributed by atoms with Gasteiger partial charge < -0.3 is 10.3 Å². The highest BCUT2D eigenvalue weighted by Gasteiger charge is 2.10. The van der Waals surface area contributed by atoms with Crippen molar-refractivity contribution in [3.05, 3.63) is 45.2 Å². The van der Waals surface area contributed by atoms with Crippen LogP contribution in [0.2, 0.25) is 0 Å². The number of hydrogen-bond donors (Lipinski definition) is 2. The van der Waals surface area contributed by atoms with E-state index in [0.29, 0.717) is 12.0 Å². The number of aryl methyl sites for hydroxylation is 2. The predicted molar refractivity (Wildman–Crippen MR) is 76.2 cm³/mol. The second kappa shape index (κ2) is 5.25. The van der Waals surface area contributed by atoms with E-state index in [2.05, 4.69) is 22.4 Å². The van der Waals surface area contributed by atoms with E-state index in [-0.39, 0.29) is 11.6 Å². The minimum Gasteiger partial charge on any atom is -0.322 e. The summed E-state index contributed by atoms with van der Waals surface area (Å²) in [6, 6.07) is 7.71. The van der Waals surface area contributed by atoms with E-state index >= 15 is 0 Å². The second-order valence-corrected chi connectivity index (χ2v) is 4.82. The molecule has 4 nitrogen and oxygen atoms in total. The molecule has 2 N–H and O–H groups in total. The van der Waals surface area contributed by atoms with Crippen molar-refractivity contribution in [1.29, 1.82) is 5.26 Å². The maximum atomic E-state index is 12.0. The van der Waals surface area contributed by atoms with Gasteiger partial charge in [-0.05, 0) is 55.6 Å². The fourth-order valence-electron chi connectivity index (χ4n) is 2.11. The first-order chi connectivity index (χ1) is 9.05. The molecule has 0 bridgehead atoms. The molecule has 0 aliphatic heterocycles. The summed E-state index contributed by atoms with van der Waals surface area (Å²) in [5.41, 5.74) is 3.70. The average molecular weight is 255 g/mol. The Hall–Kier alpha value is -2.12. The molecule has 0 saturated carbocycles. The van der Waals surface area contributed by atoms with Crippen molar-refractivity contribution in [1.82, 2.24) is 10.3 Å². The highest BCUT2D eigenvalue weighted by atomic mass is 16.1. The smallest absolute Gasteiger partial charge is 0.251 e. The molecule has 4 heteroatoms. The van der Waals surface area contributed by atoms with Gasteiger partial charge in [-0.15, -0.1) is 0 Å².